The maximum absolute atomic E-state index is 12.4. The van der Waals surface area contributed by atoms with E-state index in [-0.39, 0.29) is 17.3 Å². The first-order valence-corrected chi connectivity index (χ1v) is 8.81. The van der Waals surface area contributed by atoms with Crippen LogP contribution in [0.15, 0.2) is 0 Å². The summed E-state index contributed by atoms with van der Waals surface area (Å²) in [5, 5.41) is 3.26. The van der Waals surface area contributed by atoms with E-state index in [0.717, 1.165) is 32.2 Å². The molecule has 1 aliphatic carbocycles. The van der Waals surface area contributed by atoms with E-state index in [4.69, 9.17) is 0 Å². The first-order chi connectivity index (χ1) is 8.86. The Labute approximate surface area is 117 Å². The maximum atomic E-state index is 12.4. The van der Waals surface area contributed by atoms with E-state index >= 15 is 0 Å². The lowest BCUT2D eigenvalue weighted by Gasteiger charge is -2.49. The highest BCUT2D eigenvalue weighted by Gasteiger charge is 2.42. The molecule has 2 fully saturated rings. The lowest BCUT2D eigenvalue weighted by molar-refractivity contribution is 0.0455. The Bertz CT molecular complexity index is 398. The number of hydrogen-bond acceptors (Lipinski definition) is 4. The molecular formula is C13H27N3O2S. The van der Waals surface area contributed by atoms with Gasteiger partial charge in [0.2, 0.25) is 10.0 Å². The van der Waals surface area contributed by atoms with Crippen molar-refractivity contribution >= 4 is 10.0 Å². The first kappa shape index (κ1) is 15.2. The lowest BCUT2D eigenvalue weighted by Crippen LogP contribution is -2.58. The summed E-state index contributed by atoms with van der Waals surface area (Å²) in [6, 6.07) is 0.143. The monoisotopic (exact) mass is 289 g/mol. The van der Waals surface area contributed by atoms with Crippen molar-refractivity contribution in [3.63, 3.8) is 0 Å². The summed E-state index contributed by atoms with van der Waals surface area (Å²) in [5.41, 5.74) is 0.0604. The van der Waals surface area contributed by atoms with E-state index in [9.17, 15) is 8.42 Å². The molecule has 112 valence electrons. The molecule has 0 bridgehead atoms. The quantitative estimate of drug-likeness (QED) is 0.773. The summed E-state index contributed by atoms with van der Waals surface area (Å²) in [6.07, 6.45) is 5.47. The molecule has 19 heavy (non-hydrogen) atoms. The van der Waals surface area contributed by atoms with Crippen LogP contribution in [0.1, 0.15) is 32.1 Å². The number of nitrogens with zero attached hydrogens (tertiary/aromatic N) is 2. The Morgan fingerprint density at radius 2 is 1.89 bits per heavy atom. The van der Waals surface area contributed by atoms with Crippen molar-refractivity contribution in [2.45, 2.75) is 43.7 Å². The molecule has 0 aromatic heterocycles. The zero-order chi connectivity index (χ0) is 14.1. The molecule has 2 aliphatic rings. The summed E-state index contributed by atoms with van der Waals surface area (Å²) in [7, 11) is 2.69. The average Bonchev–Trinajstić information content (AvgIpc) is 2.74. The molecule has 2 rings (SSSR count). The summed E-state index contributed by atoms with van der Waals surface area (Å²) in [5.74, 6) is 0.243. The number of sulfonamides is 1. The Balaban J connectivity index is 1.95. The largest absolute Gasteiger partial charge is 0.313 e. The normalized spacial score (nSPS) is 26.9. The van der Waals surface area contributed by atoms with Gasteiger partial charge in [0.1, 0.15) is 0 Å². The minimum absolute atomic E-state index is 0.0604. The Kier molecular flexibility index (Phi) is 4.55. The number of likely N-dealkylation sites (N-methyl/N-ethyl adjacent to an activating group) is 2. The topological polar surface area (TPSA) is 52.7 Å². The molecule has 1 unspecified atom stereocenters. The molecule has 0 spiro atoms. The average molecular weight is 289 g/mol. The minimum atomic E-state index is -3.14. The van der Waals surface area contributed by atoms with E-state index in [1.807, 2.05) is 0 Å². The molecule has 1 saturated carbocycles. The van der Waals surface area contributed by atoms with Crippen LogP contribution in [0.4, 0.5) is 0 Å². The highest BCUT2D eigenvalue weighted by atomic mass is 32.2. The van der Waals surface area contributed by atoms with Gasteiger partial charge in [0.25, 0.3) is 0 Å². The molecule has 0 aromatic rings. The van der Waals surface area contributed by atoms with Gasteiger partial charge in [0.15, 0.2) is 0 Å². The van der Waals surface area contributed by atoms with Crippen LogP contribution in [0.5, 0.6) is 0 Å². The molecular weight excluding hydrogens is 262 g/mol. The molecule has 1 heterocycles. The van der Waals surface area contributed by atoms with Crippen LogP contribution in [0, 0.1) is 0 Å². The van der Waals surface area contributed by atoms with Crippen LogP contribution in [0.3, 0.4) is 0 Å². The smallest absolute Gasteiger partial charge is 0.215 e. The molecule has 1 N–H and O–H groups in total. The van der Waals surface area contributed by atoms with E-state index in [1.165, 1.54) is 6.42 Å². The van der Waals surface area contributed by atoms with Crippen molar-refractivity contribution in [2.24, 2.45) is 0 Å². The molecule has 0 amide bonds. The molecule has 0 radical (unpaired) electrons. The predicted octanol–water partition coefficient (Wildman–Crippen LogP) is 0.484. The Hall–Kier alpha value is -0.170. The standard InChI is InChI=1S/C13H27N3O2S/c1-15(2)13(7-5-8-13)11-16(3)19(17,18)10-12-6-4-9-14-12/h12,14H,4-11H2,1-3H3. The van der Waals surface area contributed by atoms with Gasteiger partial charge in [-0.25, -0.2) is 12.7 Å². The van der Waals surface area contributed by atoms with Gasteiger partial charge in [0, 0.05) is 25.2 Å². The third-order valence-electron chi connectivity index (χ3n) is 4.80. The third-order valence-corrected chi connectivity index (χ3v) is 6.70. The first-order valence-electron chi connectivity index (χ1n) is 7.21. The van der Waals surface area contributed by atoms with Gasteiger partial charge in [-0.05, 0) is 52.7 Å². The van der Waals surface area contributed by atoms with Crippen molar-refractivity contribution in [3.05, 3.63) is 0 Å². The molecule has 0 aromatic carbocycles. The van der Waals surface area contributed by atoms with Crippen LogP contribution in [0.25, 0.3) is 0 Å². The van der Waals surface area contributed by atoms with Gasteiger partial charge < -0.3 is 10.2 Å². The summed E-state index contributed by atoms with van der Waals surface area (Å²) in [4.78, 5) is 2.19. The van der Waals surface area contributed by atoms with Crippen LogP contribution in [-0.2, 0) is 10.0 Å². The molecule has 6 heteroatoms. The second-order valence-corrected chi connectivity index (χ2v) is 8.42. The zero-order valence-corrected chi connectivity index (χ0v) is 13.2. The molecule has 1 saturated heterocycles. The zero-order valence-electron chi connectivity index (χ0n) is 12.4. The fourth-order valence-corrected chi connectivity index (χ4v) is 4.61. The number of hydrogen-bond donors (Lipinski definition) is 1. The van der Waals surface area contributed by atoms with Crippen LogP contribution < -0.4 is 5.32 Å². The molecule has 1 atom stereocenters. The van der Waals surface area contributed by atoms with Crippen molar-refractivity contribution < 1.29 is 8.42 Å². The van der Waals surface area contributed by atoms with Crippen molar-refractivity contribution in [2.75, 3.05) is 40.0 Å². The maximum Gasteiger partial charge on any atom is 0.215 e. The fourth-order valence-electron chi connectivity index (χ4n) is 3.12. The summed E-state index contributed by atoms with van der Waals surface area (Å²) in [6.45, 7) is 1.57. The number of rotatable bonds is 6. The highest BCUT2D eigenvalue weighted by molar-refractivity contribution is 7.89. The third kappa shape index (κ3) is 3.29. The van der Waals surface area contributed by atoms with E-state index in [0.29, 0.717) is 6.54 Å². The number of nitrogens with one attached hydrogen (secondary N) is 1. The van der Waals surface area contributed by atoms with Gasteiger partial charge in [-0.2, -0.15) is 0 Å². The Morgan fingerprint density at radius 3 is 2.32 bits per heavy atom. The van der Waals surface area contributed by atoms with Gasteiger partial charge in [-0.3, -0.25) is 0 Å². The molecule has 5 nitrogen and oxygen atoms in total. The van der Waals surface area contributed by atoms with Gasteiger partial charge in [0.05, 0.1) is 5.75 Å². The summed E-state index contributed by atoms with van der Waals surface area (Å²) < 4.78 is 26.4. The van der Waals surface area contributed by atoms with Crippen LogP contribution >= 0.6 is 0 Å². The second-order valence-electron chi connectivity index (χ2n) is 6.30. The van der Waals surface area contributed by atoms with Crippen molar-refractivity contribution in [3.8, 4) is 0 Å². The second kappa shape index (κ2) is 5.68. The van der Waals surface area contributed by atoms with E-state index < -0.39 is 10.0 Å². The minimum Gasteiger partial charge on any atom is -0.313 e. The highest BCUT2D eigenvalue weighted by Crippen LogP contribution is 2.37. The summed E-state index contributed by atoms with van der Waals surface area (Å²) >= 11 is 0. The van der Waals surface area contributed by atoms with Crippen molar-refractivity contribution in [1.82, 2.24) is 14.5 Å². The van der Waals surface area contributed by atoms with Gasteiger partial charge in [-0.1, -0.05) is 0 Å². The van der Waals surface area contributed by atoms with E-state index in [2.05, 4.69) is 24.3 Å². The Morgan fingerprint density at radius 1 is 1.21 bits per heavy atom. The van der Waals surface area contributed by atoms with E-state index in [1.54, 1.807) is 11.4 Å². The SMILES string of the molecule is CN(C)C1(CN(C)S(=O)(=O)CC2CCCN2)CCC1. The predicted molar refractivity (Wildman–Crippen MR) is 77.7 cm³/mol. The van der Waals surface area contributed by atoms with Crippen LogP contribution in [-0.4, -0.2) is 69.2 Å². The van der Waals surface area contributed by atoms with Gasteiger partial charge >= 0.3 is 0 Å². The van der Waals surface area contributed by atoms with Gasteiger partial charge in [-0.15, -0.1) is 0 Å². The lowest BCUT2D eigenvalue weighted by atomic mass is 9.75. The van der Waals surface area contributed by atoms with Crippen LogP contribution in [0.2, 0.25) is 0 Å². The fraction of sp³-hybridized carbons (Fsp3) is 1.00. The van der Waals surface area contributed by atoms with Crippen molar-refractivity contribution in [1.29, 1.82) is 0 Å². The molecule has 1 aliphatic heterocycles.